The molecule has 0 unspecified atom stereocenters. The molecule has 0 aliphatic heterocycles. The van der Waals surface area contributed by atoms with Gasteiger partial charge in [-0.25, -0.2) is 0 Å². The van der Waals surface area contributed by atoms with Crippen LogP contribution >= 0.6 is 24.8 Å². The van der Waals surface area contributed by atoms with Crippen molar-refractivity contribution in [1.82, 2.24) is 10.6 Å². The molecule has 0 aromatic carbocycles. The zero-order valence-electron chi connectivity index (χ0n) is 15.1. The molecule has 10 nitrogen and oxygen atoms in total. The maximum atomic E-state index is 12.0. The third-order valence-electron chi connectivity index (χ3n) is 2.91. The van der Waals surface area contributed by atoms with Gasteiger partial charge in [-0.05, 0) is 27.7 Å². The van der Waals surface area contributed by atoms with Gasteiger partial charge in [0.2, 0.25) is 11.8 Å². The molecule has 12 heteroatoms. The Labute approximate surface area is 164 Å². The first kappa shape index (κ1) is 28.8. The Morgan fingerprint density at radius 1 is 0.731 bits per heavy atom. The van der Waals surface area contributed by atoms with Crippen molar-refractivity contribution < 1.29 is 29.4 Å². The molecule has 0 heterocycles. The molecular weight excluding hydrogens is 391 g/mol. The van der Waals surface area contributed by atoms with E-state index in [1.54, 1.807) is 0 Å². The molecule has 0 radical (unpaired) electrons. The quantitative estimate of drug-likeness (QED) is 0.389. The predicted octanol–water partition coefficient (Wildman–Crippen LogP) is 1.02. The van der Waals surface area contributed by atoms with Crippen molar-refractivity contribution in [2.75, 3.05) is 13.1 Å². The number of hydrogen-bond acceptors (Lipinski definition) is 6. The lowest BCUT2D eigenvalue weighted by molar-refractivity contribution is -0.138. The summed E-state index contributed by atoms with van der Waals surface area (Å²) in [6.45, 7) is 5.84. The van der Waals surface area contributed by atoms with Crippen LogP contribution in [0.3, 0.4) is 0 Å². The summed E-state index contributed by atoms with van der Waals surface area (Å²) >= 11 is 0. The minimum absolute atomic E-state index is 0. The lowest BCUT2D eigenvalue weighted by Crippen LogP contribution is -2.44. The van der Waals surface area contributed by atoms with Gasteiger partial charge in [-0.1, -0.05) is 0 Å². The molecule has 2 amide bonds. The first-order valence-electron chi connectivity index (χ1n) is 7.33. The standard InChI is InChI=1S/C14H24N4O6.2ClH/c1-13(2,11(23)15-7-5-9(19)20)17-18-14(3,4)12(24)16-8-6-10(21)22;;/h5-8H2,1-4H3,(H,15,23)(H,16,24)(H,19,20)(H,21,22);2*1H. The average Bonchev–Trinajstić information content (AvgIpc) is 2.44. The number of azo groups is 1. The molecule has 0 atom stereocenters. The number of aliphatic carboxylic acids is 2. The summed E-state index contributed by atoms with van der Waals surface area (Å²) in [5.74, 6) is -3.10. The van der Waals surface area contributed by atoms with Gasteiger partial charge in [0.15, 0.2) is 11.1 Å². The number of rotatable bonds is 10. The third kappa shape index (κ3) is 11.6. The highest BCUT2D eigenvalue weighted by Crippen LogP contribution is 2.16. The van der Waals surface area contributed by atoms with Crippen LogP contribution < -0.4 is 10.6 Å². The summed E-state index contributed by atoms with van der Waals surface area (Å²) in [4.78, 5) is 44.7. The van der Waals surface area contributed by atoms with Crippen molar-refractivity contribution in [3.05, 3.63) is 0 Å². The highest BCUT2D eigenvalue weighted by atomic mass is 35.5. The summed E-state index contributed by atoms with van der Waals surface area (Å²) in [6.07, 6.45) is -0.424. The third-order valence-corrected chi connectivity index (χ3v) is 2.91. The van der Waals surface area contributed by atoms with Crippen LogP contribution in [0.4, 0.5) is 0 Å². The van der Waals surface area contributed by atoms with Crippen molar-refractivity contribution in [2.24, 2.45) is 10.2 Å². The lowest BCUT2D eigenvalue weighted by atomic mass is 10.0. The number of amides is 2. The molecule has 26 heavy (non-hydrogen) atoms. The van der Waals surface area contributed by atoms with Crippen LogP contribution in [0.15, 0.2) is 10.2 Å². The van der Waals surface area contributed by atoms with Crippen molar-refractivity contribution in [3.63, 3.8) is 0 Å². The summed E-state index contributed by atoms with van der Waals surface area (Å²) in [5, 5.41) is 29.7. The van der Waals surface area contributed by atoms with E-state index < -0.39 is 34.8 Å². The van der Waals surface area contributed by atoms with E-state index in [0.717, 1.165) is 0 Å². The monoisotopic (exact) mass is 416 g/mol. The van der Waals surface area contributed by atoms with E-state index in [1.807, 2.05) is 0 Å². The summed E-state index contributed by atoms with van der Waals surface area (Å²) < 4.78 is 0. The molecule has 0 aliphatic rings. The van der Waals surface area contributed by atoms with Gasteiger partial charge in [-0.15, -0.1) is 24.8 Å². The van der Waals surface area contributed by atoms with Gasteiger partial charge in [-0.2, -0.15) is 10.2 Å². The molecule has 0 aliphatic carbocycles. The van der Waals surface area contributed by atoms with Crippen LogP contribution in [0.1, 0.15) is 40.5 Å². The number of nitrogens with one attached hydrogen (secondary N) is 2. The van der Waals surface area contributed by atoms with E-state index in [4.69, 9.17) is 10.2 Å². The number of halogens is 2. The molecule has 152 valence electrons. The zero-order chi connectivity index (χ0) is 19.0. The number of nitrogens with zero attached hydrogens (tertiary/aromatic N) is 2. The van der Waals surface area contributed by atoms with Crippen LogP contribution in [0.25, 0.3) is 0 Å². The Balaban J connectivity index is -0.00000264. The maximum Gasteiger partial charge on any atom is 0.305 e. The largest absolute Gasteiger partial charge is 0.481 e. The summed E-state index contributed by atoms with van der Waals surface area (Å²) in [6, 6.07) is 0. The Kier molecular flexibility index (Phi) is 13.8. The number of carboxylic acid groups (broad SMARTS) is 2. The smallest absolute Gasteiger partial charge is 0.305 e. The van der Waals surface area contributed by atoms with Gasteiger partial charge in [0.1, 0.15) is 0 Å². The topological polar surface area (TPSA) is 158 Å². The minimum atomic E-state index is -1.28. The van der Waals surface area contributed by atoms with E-state index in [0.29, 0.717) is 0 Å². The van der Waals surface area contributed by atoms with Gasteiger partial charge in [-0.3, -0.25) is 19.2 Å². The number of carbonyl (C=O) groups is 4. The minimum Gasteiger partial charge on any atom is -0.481 e. The van der Waals surface area contributed by atoms with Crippen molar-refractivity contribution in [3.8, 4) is 0 Å². The summed E-state index contributed by atoms with van der Waals surface area (Å²) in [5.41, 5.74) is -2.56. The predicted molar refractivity (Wildman–Crippen MR) is 98.0 cm³/mol. The van der Waals surface area contributed by atoms with Gasteiger partial charge >= 0.3 is 11.9 Å². The fourth-order valence-electron chi connectivity index (χ4n) is 1.34. The fourth-order valence-corrected chi connectivity index (χ4v) is 1.34. The Morgan fingerprint density at radius 2 is 1.00 bits per heavy atom. The molecule has 4 N–H and O–H groups in total. The number of hydrogen-bond donors (Lipinski definition) is 4. The van der Waals surface area contributed by atoms with Gasteiger partial charge < -0.3 is 20.8 Å². The molecule has 0 aromatic rings. The first-order valence-corrected chi connectivity index (χ1v) is 7.33. The normalized spacial score (nSPS) is 11.1. The van der Waals surface area contributed by atoms with Gasteiger partial charge in [0.05, 0.1) is 12.8 Å². The second-order valence-electron chi connectivity index (χ2n) is 6.12. The van der Waals surface area contributed by atoms with Crippen LogP contribution in [-0.4, -0.2) is 58.1 Å². The fraction of sp³-hybridized carbons (Fsp3) is 0.714. The zero-order valence-corrected chi connectivity index (χ0v) is 16.7. The van der Waals surface area contributed by atoms with Gasteiger partial charge in [0, 0.05) is 13.1 Å². The molecular formula is C14H26Cl2N4O6. The molecule has 0 saturated heterocycles. The molecule has 0 rings (SSSR count). The Morgan fingerprint density at radius 3 is 1.23 bits per heavy atom. The molecule has 0 aromatic heterocycles. The lowest BCUT2D eigenvalue weighted by Gasteiger charge is -2.22. The average molecular weight is 417 g/mol. The molecule has 0 spiro atoms. The Bertz CT molecular complexity index is 492. The van der Waals surface area contributed by atoms with Crippen LogP contribution in [0.2, 0.25) is 0 Å². The van der Waals surface area contributed by atoms with Crippen LogP contribution in [0.5, 0.6) is 0 Å². The second-order valence-corrected chi connectivity index (χ2v) is 6.12. The van der Waals surface area contributed by atoms with E-state index >= 15 is 0 Å². The highest BCUT2D eigenvalue weighted by molar-refractivity contribution is 5.87. The molecule has 0 saturated carbocycles. The van der Waals surface area contributed by atoms with E-state index in [9.17, 15) is 19.2 Å². The maximum absolute atomic E-state index is 12.0. The van der Waals surface area contributed by atoms with Crippen molar-refractivity contribution in [2.45, 2.75) is 51.6 Å². The first-order chi connectivity index (χ1) is 10.9. The van der Waals surface area contributed by atoms with Crippen LogP contribution in [-0.2, 0) is 19.2 Å². The Hall–Kier alpha value is -1.94. The second kappa shape index (κ2) is 12.4. The summed E-state index contributed by atoms with van der Waals surface area (Å²) in [7, 11) is 0. The van der Waals surface area contributed by atoms with E-state index in [1.165, 1.54) is 27.7 Å². The SMILES string of the molecule is CC(C)(N=NC(C)(C)C(=O)NCCC(=O)O)C(=O)NCCC(=O)O.Cl.Cl. The van der Waals surface area contributed by atoms with Gasteiger partial charge in [0.25, 0.3) is 0 Å². The number of carbonyl (C=O) groups excluding carboxylic acids is 2. The van der Waals surface area contributed by atoms with Crippen molar-refractivity contribution >= 4 is 48.6 Å². The highest BCUT2D eigenvalue weighted by Gasteiger charge is 2.32. The van der Waals surface area contributed by atoms with Crippen molar-refractivity contribution in [1.29, 1.82) is 0 Å². The van der Waals surface area contributed by atoms with E-state index in [-0.39, 0.29) is 50.7 Å². The number of carboxylic acids is 2. The molecule has 0 bridgehead atoms. The molecule has 0 fully saturated rings. The van der Waals surface area contributed by atoms with Crippen LogP contribution in [0, 0.1) is 0 Å². The van der Waals surface area contributed by atoms with E-state index in [2.05, 4.69) is 20.9 Å².